The summed E-state index contributed by atoms with van der Waals surface area (Å²) in [4.78, 5) is 9.12. The minimum absolute atomic E-state index is 1.93. The maximum atomic E-state index is 9.12. The van der Waals surface area contributed by atoms with Crippen LogP contribution in [0.5, 0.6) is 0 Å². The number of halogens is 2. The molecule has 0 aliphatic carbocycles. The number of rotatable bonds is 0. The standard InChI is InChI=1S/Cl2OP/c1-4(2)3/q-1. The fourth-order valence-corrected chi connectivity index (χ4v) is 0. The van der Waals surface area contributed by atoms with Crippen LogP contribution in [0, 0.1) is 0 Å². The average molecular weight is 118 g/mol. The molecule has 0 spiro atoms. The molecule has 0 aromatic heterocycles. The van der Waals surface area contributed by atoms with Gasteiger partial charge in [-0.15, -0.1) is 0 Å². The van der Waals surface area contributed by atoms with E-state index in [2.05, 4.69) is 22.5 Å². The van der Waals surface area contributed by atoms with Gasteiger partial charge >= 0.3 is 0 Å². The summed E-state index contributed by atoms with van der Waals surface area (Å²) in [7, 11) is 0. The van der Waals surface area contributed by atoms with Gasteiger partial charge in [-0.1, -0.05) is 22.5 Å². The molecular formula is Cl2OP-. The van der Waals surface area contributed by atoms with E-state index in [-0.39, 0.29) is 0 Å². The van der Waals surface area contributed by atoms with Gasteiger partial charge in [-0.25, -0.2) is 0 Å². The minimum Gasteiger partial charge on any atom is -0.805 e. The fourth-order valence-electron chi connectivity index (χ4n) is 0. The summed E-state index contributed by atoms with van der Waals surface area (Å²) in [5, 5.41) is 0. The first kappa shape index (κ1) is 4.97. The lowest BCUT2D eigenvalue weighted by molar-refractivity contribution is -0.148. The van der Waals surface area contributed by atoms with Crippen LogP contribution < -0.4 is 4.89 Å². The Labute approximate surface area is 34.9 Å². The lowest BCUT2D eigenvalue weighted by Gasteiger charge is -1.95. The molecule has 0 radical (unpaired) electrons. The molecule has 4 heteroatoms. The Morgan fingerprint density at radius 2 is 1.50 bits per heavy atom. The molecule has 0 saturated carbocycles. The van der Waals surface area contributed by atoms with E-state index >= 15 is 0 Å². The number of hydrogen-bond acceptors (Lipinski definition) is 1. The first-order valence-corrected chi connectivity index (χ1v) is 3.59. The van der Waals surface area contributed by atoms with Crippen molar-refractivity contribution in [2.75, 3.05) is 0 Å². The average Bonchev–Trinajstić information content (AvgIpc) is 0.811. The molecule has 0 aromatic rings. The fraction of sp³-hybridized carbons (Fsp3) is 0. The molecule has 4 heavy (non-hydrogen) atoms. The van der Waals surface area contributed by atoms with Crippen LogP contribution in [-0.4, -0.2) is 0 Å². The molecule has 26 valence electrons. The lowest BCUT2D eigenvalue weighted by Crippen LogP contribution is -1.75. The zero-order chi connectivity index (χ0) is 3.58. The second kappa shape index (κ2) is 2.22. The van der Waals surface area contributed by atoms with Gasteiger partial charge in [0.2, 0.25) is 0 Å². The van der Waals surface area contributed by atoms with Crippen LogP contribution in [0.2, 0.25) is 0 Å². The molecular weight excluding hydrogens is 118 g/mol. The van der Waals surface area contributed by atoms with Crippen molar-refractivity contribution < 1.29 is 4.89 Å². The van der Waals surface area contributed by atoms with Crippen LogP contribution in [0.1, 0.15) is 0 Å². The van der Waals surface area contributed by atoms with Crippen molar-refractivity contribution in [3.63, 3.8) is 0 Å². The van der Waals surface area contributed by atoms with Gasteiger partial charge in [-0.3, -0.25) is 0 Å². The van der Waals surface area contributed by atoms with Crippen LogP contribution in [0.15, 0.2) is 0 Å². The lowest BCUT2D eigenvalue weighted by atomic mass is 15.9. The van der Waals surface area contributed by atoms with Gasteiger partial charge in [0.1, 0.15) is 0 Å². The third-order valence-corrected chi connectivity index (χ3v) is 0. The van der Waals surface area contributed by atoms with E-state index in [4.69, 9.17) is 4.89 Å². The second-order valence-corrected chi connectivity index (χ2v) is 2.97. The summed E-state index contributed by atoms with van der Waals surface area (Å²) in [6.07, 6.45) is 0. The van der Waals surface area contributed by atoms with Crippen molar-refractivity contribution >= 4 is 29.3 Å². The quantitative estimate of drug-likeness (QED) is 0.436. The Morgan fingerprint density at radius 3 is 1.50 bits per heavy atom. The Bertz CT molecular complexity index is 10.8. The van der Waals surface area contributed by atoms with Crippen LogP contribution in [0.3, 0.4) is 0 Å². The van der Waals surface area contributed by atoms with E-state index < -0.39 is 6.85 Å². The van der Waals surface area contributed by atoms with Crippen molar-refractivity contribution in [1.29, 1.82) is 0 Å². The van der Waals surface area contributed by atoms with E-state index in [0.717, 1.165) is 0 Å². The van der Waals surface area contributed by atoms with Crippen molar-refractivity contribution in [1.82, 2.24) is 0 Å². The normalized spacial score (nSPS) is 9.00. The molecule has 0 rings (SSSR count). The monoisotopic (exact) mass is 117 g/mol. The molecule has 0 heterocycles. The maximum Gasteiger partial charge on any atom is -0.00198 e. The molecule has 0 aliphatic heterocycles. The highest BCUT2D eigenvalue weighted by Gasteiger charge is 1.60. The largest absolute Gasteiger partial charge is 0.805 e. The zero-order valence-electron chi connectivity index (χ0n) is 1.61. The smallest absolute Gasteiger partial charge is 0.00198 e. The van der Waals surface area contributed by atoms with Crippen molar-refractivity contribution in [3.8, 4) is 0 Å². The Morgan fingerprint density at radius 1 is 1.50 bits per heavy atom. The summed E-state index contributed by atoms with van der Waals surface area (Å²) in [5.74, 6) is 0. The highest BCUT2D eigenvalue weighted by atomic mass is 35.9. The van der Waals surface area contributed by atoms with Crippen molar-refractivity contribution in [3.05, 3.63) is 0 Å². The van der Waals surface area contributed by atoms with Gasteiger partial charge < -0.3 is 4.89 Å². The first-order valence-electron chi connectivity index (χ1n) is 0.521. The summed E-state index contributed by atoms with van der Waals surface area (Å²) < 4.78 is 0. The van der Waals surface area contributed by atoms with E-state index in [1.165, 1.54) is 0 Å². The molecule has 0 bridgehead atoms. The van der Waals surface area contributed by atoms with Gasteiger partial charge in [0, 0.05) is 0 Å². The van der Waals surface area contributed by atoms with E-state index in [1.807, 2.05) is 0 Å². The SMILES string of the molecule is [O-]P(Cl)Cl. The van der Waals surface area contributed by atoms with Gasteiger partial charge in [-0.05, 0) is 6.85 Å². The van der Waals surface area contributed by atoms with Gasteiger partial charge in [-0.2, -0.15) is 0 Å². The van der Waals surface area contributed by atoms with Gasteiger partial charge in [0.15, 0.2) is 0 Å². The van der Waals surface area contributed by atoms with Crippen LogP contribution in [0.25, 0.3) is 0 Å². The number of hydrogen-bond donors (Lipinski definition) is 0. The molecule has 0 fully saturated rings. The van der Waals surface area contributed by atoms with Gasteiger partial charge in [0.05, 0.1) is 0 Å². The van der Waals surface area contributed by atoms with E-state index in [1.54, 1.807) is 0 Å². The molecule has 0 N–H and O–H groups in total. The topological polar surface area (TPSA) is 23.1 Å². The van der Waals surface area contributed by atoms with Crippen LogP contribution in [-0.2, 0) is 0 Å². The highest BCUT2D eigenvalue weighted by molar-refractivity contribution is 7.98. The highest BCUT2D eigenvalue weighted by Crippen LogP contribution is 2.35. The molecule has 0 atom stereocenters. The van der Waals surface area contributed by atoms with E-state index in [9.17, 15) is 0 Å². The van der Waals surface area contributed by atoms with Crippen LogP contribution >= 0.6 is 29.3 Å². The molecule has 0 aliphatic rings. The van der Waals surface area contributed by atoms with Crippen molar-refractivity contribution in [2.24, 2.45) is 0 Å². The third-order valence-electron chi connectivity index (χ3n) is 0. The Balaban J connectivity index is 2.32. The summed E-state index contributed by atoms with van der Waals surface area (Å²) in [5.41, 5.74) is 0. The zero-order valence-corrected chi connectivity index (χ0v) is 4.02. The first-order chi connectivity index (χ1) is 1.73. The second-order valence-electron chi connectivity index (χ2n) is 0.202. The maximum absolute atomic E-state index is 9.12. The van der Waals surface area contributed by atoms with E-state index in [0.29, 0.717) is 0 Å². The molecule has 0 saturated heterocycles. The molecule has 0 aromatic carbocycles. The Kier molecular flexibility index (Phi) is 2.76. The molecule has 0 amide bonds. The minimum atomic E-state index is -1.93. The Hall–Kier alpha value is 0.970. The van der Waals surface area contributed by atoms with Crippen LogP contribution in [0.4, 0.5) is 0 Å². The summed E-state index contributed by atoms with van der Waals surface area (Å²) >= 11 is 9.10. The van der Waals surface area contributed by atoms with Crippen molar-refractivity contribution in [2.45, 2.75) is 0 Å². The predicted molar refractivity (Wildman–Crippen MR) is 18.6 cm³/mol. The summed E-state index contributed by atoms with van der Waals surface area (Å²) in [6.45, 7) is -1.93. The predicted octanol–water partition coefficient (Wildman–Crippen LogP) is 1.05. The molecule has 0 unspecified atom stereocenters. The molecule has 1 nitrogen and oxygen atoms in total. The van der Waals surface area contributed by atoms with Gasteiger partial charge in [0.25, 0.3) is 0 Å². The third kappa shape index (κ3) is 12.3. The summed E-state index contributed by atoms with van der Waals surface area (Å²) in [6, 6.07) is 0.